The molecule has 2 aromatic rings. The summed E-state index contributed by atoms with van der Waals surface area (Å²) in [7, 11) is 0. The van der Waals surface area contributed by atoms with Gasteiger partial charge in [-0.1, -0.05) is 6.07 Å². The standard InChI is InChI=1S/C12H7BrN2O2/c13-11-5-4-10(17-11)12(16)8(7-14)9-3-1-2-6-15-9/h1-6,8H. The highest BCUT2D eigenvalue weighted by Gasteiger charge is 2.25. The molecular weight excluding hydrogens is 284 g/mol. The van der Waals surface area contributed by atoms with Gasteiger partial charge in [-0.15, -0.1) is 0 Å². The maximum absolute atomic E-state index is 12.0. The van der Waals surface area contributed by atoms with Crippen LogP contribution in [-0.4, -0.2) is 10.8 Å². The Morgan fingerprint density at radius 2 is 2.24 bits per heavy atom. The smallest absolute Gasteiger partial charge is 0.221 e. The first-order valence-corrected chi connectivity index (χ1v) is 5.62. The van der Waals surface area contributed by atoms with Gasteiger partial charge in [-0.3, -0.25) is 9.78 Å². The second-order valence-corrected chi connectivity index (χ2v) is 4.07. The summed E-state index contributed by atoms with van der Waals surface area (Å²) in [6.45, 7) is 0. The number of nitriles is 1. The minimum absolute atomic E-state index is 0.147. The largest absolute Gasteiger partial charge is 0.446 e. The second kappa shape index (κ2) is 4.93. The van der Waals surface area contributed by atoms with Gasteiger partial charge in [0.1, 0.15) is 0 Å². The predicted octanol–water partition coefficient (Wildman–Crippen LogP) is 2.93. The highest BCUT2D eigenvalue weighted by Crippen LogP contribution is 2.22. The van der Waals surface area contributed by atoms with E-state index < -0.39 is 11.7 Å². The zero-order chi connectivity index (χ0) is 12.3. The lowest BCUT2D eigenvalue weighted by atomic mass is 9.99. The van der Waals surface area contributed by atoms with Crippen LogP contribution in [0.1, 0.15) is 22.2 Å². The zero-order valence-corrected chi connectivity index (χ0v) is 10.2. The Morgan fingerprint density at radius 3 is 2.76 bits per heavy atom. The minimum Gasteiger partial charge on any atom is -0.446 e. The molecule has 4 nitrogen and oxygen atoms in total. The van der Waals surface area contributed by atoms with E-state index in [2.05, 4.69) is 20.9 Å². The normalized spacial score (nSPS) is 11.8. The van der Waals surface area contributed by atoms with Gasteiger partial charge in [-0.25, -0.2) is 0 Å². The van der Waals surface area contributed by atoms with Crippen LogP contribution in [-0.2, 0) is 0 Å². The fraction of sp³-hybridized carbons (Fsp3) is 0.0833. The topological polar surface area (TPSA) is 66.9 Å². The molecular formula is C12H7BrN2O2. The minimum atomic E-state index is -0.936. The lowest BCUT2D eigenvalue weighted by Crippen LogP contribution is -2.11. The Bertz CT molecular complexity index is 572. The van der Waals surface area contributed by atoms with E-state index in [1.165, 1.54) is 6.07 Å². The summed E-state index contributed by atoms with van der Waals surface area (Å²) >= 11 is 3.11. The van der Waals surface area contributed by atoms with Gasteiger partial charge in [0.05, 0.1) is 11.8 Å². The van der Waals surface area contributed by atoms with Crippen molar-refractivity contribution in [2.75, 3.05) is 0 Å². The van der Waals surface area contributed by atoms with Gasteiger partial charge in [0.25, 0.3) is 0 Å². The molecule has 0 saturated carbocycles. The van der Waals surface area contributed by atoms with Crippen LogP contribution >= 0.6 is 15.9 Å². The number of ketones is 1. The summed E-state index contributed by atoms with van der Waals surface area (Å²) in [5.74, 6) is -1.18. The SMILES string of the molecule is N#CC(C(=O)c1ccc(Br)o1)c1ccccn1. The maximum atomic E-state index is 12.0. The molecule has 0 aromatic carbocycles. The highest BCUT2D eigenvalue weighted by molar-refractivity contribution is 9.10. The number of furan rings is 1. The highest BCUT2D eigenvalue weighted by atomic mass is 79.9. The maximum Gasteiger partial charge on any atom is 0.221 e. The van der Waals surface area contributed by atoms with Crippen molar-refractivity contribution in [3.63, 3.8) is 0 Å². The number of rotatable bonds is 3. The number of Topliss-reactive ketones (excluding diaryl/α,β-unsaturated/α-hetero) is 1. The van der Waals surface area contributed by atoms with E-state index >= 15 is 0 Å². The molecule has 5 heteroatoms. The number of nitrogens with zero attached hydrogens (tertiary/aromatic N) is 2. The van der Waals surface area contributed by atoms with Gasteiger partial charge in [-0.05, 0) is 40.2 Å². The van der Waals surface area contributed by atoms with E-state index in [0.29, 0.717) is 10.4 Å². The average molecular weight is 291 g/mol. The van der Waals surface area contributed by atoms with E-state index in [0.717, 1.165) is 0 Å². The van der Waals surface area contributed by atoms with Gasteiger partial charge in [0.2, 0.25) is 5.78 Å². The Hall–Kier alpha value is -1.93. The number of pyridine rings is 1. The third-order valence-corrected chi connectivity index (χ3v) is 2.62. The summed E-state index contributed by atoms with van der Waals surface area (Å²) < 4.78 is 5.59. The summed E-state index contributed by atoms with van der Waals surface area (Å²) in [5, 5.41) is 9.05. The third kappa shape index (κ3) is 2.43. The van der Waals surface area contributed by atoms with Gasteiger partial charge < -0.3 is 4.42 Å². The first kappa shape index (κ1) is 11.6. The van der Waals surface area contributed by atoms with Gasteiger partial charge in [0.15, 0.2) is 16.3 Å². The van der Waals surface area contributed by atoms with Crippen LogP contribution in [0.5, 0.6) is 0 Å². The number of hydrogen-bond donors (Lipinski definition) is 0. The van der Waals surface area contributed by atoms with Gasteiger partial charge >= 0.3 is 0 Å². The van der Waals surface area contributed by atoms with Crippen molar-refractivity contribution in [3.8, 4) is 6.07 Å². The zero-order valence-electron chi connectivity index (χ0n) is 8.63. The molecule has 1 atom stereocenters. The first-order chi connectivity index (χ1) is 8.22. The number of carbonyl (C=O) groups excluding carboxylic acids is 1. The van der Waals surface area contributed by atoms with Gasteiger partial charge in [0, 0.05) is 6.20 Å². The number of aromatic nitrogens is 1. The van der Waals surface area contributed by atoms with Crippen molar-refractivity contribution in [2.45, 2.75) is 5.92 Å². The van der Waals surface area contributed by atoms with Gasteiger partial charge in [-0.2, -0.15) is 5.26 Å². The van der Waals surface area contributed by atoms with Crippen LogP contribution in [0.25, 0.3) is 0 Å². The van der Waals surface area contributed by atoms with Crippen LogP contribution in [0.3, 0.4) is 0 Å². The third-order valence-electron chi connectivity index (χ3n) is 2.19. The summed E-state index contributed by atoms with van der Waals surface area (Å²) in [5.41, 5.74) is 0.424. The van der Waals surface area contributed by atoms with Crippen LogP contribution in [0.4, 0.5) is 0 Å². The fourth-order valence-electron chi connectivity index (χ4n) is 1.39. The van der Waals surface area contributed by atoms with Crippen LogP contribution in [0.15, 0.2) is 45.6 Å². The van der Waals surface area contributed by atoms with Crippen molar-refractivity contribution >= 4 is 21.7 Å². The molecule has 0 amide bonds. The van der Waals surface area contributed by atoms with E-state index in [1.54, 1.807) is 30.5 Å². The number of hydrogen-bond acceptors (Lipinski definition) is 4. The molecule has 0 fully saturated rings. The monoisotopic (exact) mass is 290 g/mol. The molecule has 84 valence electrons. The number of halogens is 1. The Morgan fingerprint density at radius 1 is 1.41 bits per heavy atom. The molecule has 0 N–H and O–H groups in total. The lowest BCUT2D eigenvalue weighted by molar-refractivity contribution is 0.0949. The van der Waals surface area contributed by atoms with Crippen molar-refractivity contribution in [3.05, 3.63) is 52.7 Å². The second-order valence-electron chi connectivity index (χ2n) is 3.28. The molecule has 17 heavy (non-hydrogen) atoms. The molecule has 2 rings (SSSR count). The Labute approximate surface area is 106 Å². The molecule has 1 unspecified atom stereocenters. The van der Waals surface area contributed by atoms with Crippen molar-refractivity contribution in [1.29, 1.82) is 5.26 Å². The van der Waals surface area contributed by atoms with E-state index in [9.17, 15) is 4.79 Å². The van der Waals surface area contributed by atoms with Crippen LogP contribution in [0.2, 0.25) is 0 Å². The summed E-state index contributed by atoms with van der Waals surface area (Å²) in [6.07, 6.45) is 1.55. The number of carbonyl (C=O) groups is 1. The molecule has 2 heterocycles. The lowest BCUT2D eigenvalue weighted by Gasteiger charge is -2.04. The fourth-order valence-corrected chi connectivity index (χ4v) is 1.70. The molecule has 0 aliphatic carbocycles. The molecule has 0 saturated heterocycles. The van der Waals surface area contributed by atoms with E-state index in [1.807, 2.05) is 6.07 Å². The van der Waals surface area contributed by atoms with Crippen LogP contribution in [0, 0.1) is 11.3 Å². The average Bonchev–Trinajstić information content (AvgIpc) is 2.78. The van der Waals surface area contributed by atoms with E-state index in [-0.39, 0.29) is 5.76 Å². The van der Waals surface area contributed by atoms with Crippen LogP contribution < -0.4 is 0 Å². The van der Waals surface area contributed by atoms with Crippen molar-refractivity contribution in [2.24, 2.45) is 0 Å². The quantitative estimate of drug-likeness (QED) is 0.815. The van der Waals surface area contributed by atoms with E-state index in [4.69, 9.17) is 9.68 Å². The summed E-state index contributed by atoms with van der Waals surface area (Å²) in [6, 6.07) is 10.2. The first-order valence-electron chi connectivity index (χ1n) is 4.82. The molecule has 2 aromatic heterocycles. The molecule has 0 aliphatic rings. The Kier molecular flexibility index (Phi) is 3.35. The summed E-state index contributed by atoms with van der Waals surface area (Å²) in [4.78, 5) is 16.0. The Balaban J connectivity index is 2.32. The van der Waals surface area contributed by atoms with Crippen molar-refractivity contribution < 1.29 is 9.21 Å². The molecule has 0 spiro atoms. The molecule has 0 aliphatic heterocycles. The molecule has 0 radical (unpaired) electrons. The molecule has 0 bridgehead atoms. The predicted molar refractivity (Wildman–Crippen MR) is 63.3 cm³/mol. The van der Waals surface area contributed by atoms with Crippen molar-refractivity contribution in [1.82, 2.24) is 4.98 Å².